The molecule has 0 atom stereocenters. The van der Waals surface area contributed by atoms with Gasteiger partial charge in [0, 0.05) is 0 Å². The molecule has 1 aromatic heterocycles. The lowest BCUT2D eigenvalue weighted by Crippen LogP contribution is -2.16. The largest absolute Gasteiger partial charge is 0.496 e. The number of fused-ring (bicyclic) bond motifs is 1. The smallest absolute Gasteiger partial charge is 0.270 e. The first-order chi connectivity index (χ1) is 15.0. The Labute approximate surface area is 179 Å². The van der Waals surface area contributed by atoms with E-state index in [1.807, 2.05) is 30.3 Å². The first-order valence-electron chi connectivity index (χ1n) is 9.32. The number of hydrogen-bond donors (Lipinski definition) is 1. The van der Waals surface area contributed by atoms with E-state index in [4.69, 9.17) is 18.7 Å². The molecule has 3 aromatic carbocycles. The van der Waals surface area contributed by atoms with Crippen molar-refractivity contribution in [2.75, 3.05) is 18.9 Å². The Bertz CT molecular complexity index is 1300. The van der Waals surface area contributed by atoms with E-state index < -0.39 is 10.0 Å². The van der Waals surface area contributed by atoms with E-state index in [1.54, 1.807) is 36.4 Å². The predicted octanol–water partition coefficient (Wildman–Crippen LogP) is 4.22. The fourth-order valence-corrected chi connectivity index (χ4v) is 4.45. The van der Waals surface area contributed by atoms with Gasteiger partial charge in [-0.2, -0.15) is 0 Å². The molecular formula is C22H20N2O6S. The molecule has 9 heteroatoms. The van der Waals surface area contributed by atoms with Gasteiger partial charge in [-0.05, 0) is 29.8 Å². The van der Waals surface area contributed by atoms with Crippen molar-refractivity contribution in [3.05, 3.63) is 72.3 Å². The molecule has 0 saturated carbocycles. The molecule has 1 N–H and O–H groups in total. The molecule has 4 rings (SSSR count). The molecule has 0 aliphatic rings. The Morgan fingerprint density at radius 2 is 1.55 bits per heavy atom. The topological polar surface area (TPSA) is 99.9 Å². The van der Waals surface area contributed by atoms with Gasteiger partial charge in [0.1, 0.15) is 29.2 Å². The van der Waals surface area contributed by atoms with E-state index in [-0.39, 0.29) is 28.8 Å². The molecular weight excluding hydrogens is 420 g/mol. The number of anilines is 1. The Balaban J connectivity index is 1.72. The molecule has 4 aromatic rings. The molecule has 31 heavy (non-hydrogen) atoms. The van der Waals surface area contributed by atoms with Crippen molar-refractivity contribution in [2.24, 2.45) is 0 Å². The van der Waals surface area contributed by atoms with Crippen LogP contribution in [0.2, 0.25) is 0 Å². The van der Waals surface area contributed by atoms with Crippen molar-refractivity contribution in [2.45, 2.75) is 11.5 Å². The normalized spacial score (nSPS) is 11.3. The highest BCUT2D eigenvalue weighted by Gasteiger charge is 2.28. The molecule has 0 radical (unpaired) electrons. The molecule has 0 fully saturated rings. The molecule has 0 aliphatic carbocycles. The minimum absolute atomic E-state index is 0.00682. The molecule has 0 unspecified atom stereocenters. The van der Waals surface area contributed by atoms with Crippen LogP contribution in [-0.4, -0.2) is 27.8 Å². The van der Waals surface area contributed by atoms with E-state index in [1.165, 1.54) is 14.2 Å². The maximum Gasteiger partial charge on any atom is 0.270 e. The zero-order chi connectivity index (χ0) is 21.8. The van der Waals surface area contributed by atoms with Crippen LogP contribution >= 0.6 is 0 Å². The maximum atomic E-state index is 13.4. The fourth-order valence-electron chi connectivity index (χ4n) is 3.15. The zero-order valence-electron chi connectivity index (χ0n) is 16.9. The number of ether oxygens (including phenoxy) is 3. The third-order valence-corrected chi connectivity index (χ3v) is 5.98. The lowest BCUT2D eigenvalue weighted by Gasteiger charge is -2.15. The van der Waals surface area contributed by atoms with Crippen molar-refractivity contribution in [3.8, 4) is 17.2 Å². The summed E-state index contributed by atoms with van der Waals surface area (Å²) in [5, 5.41) is 4.28. The van der Waals surface area contributed by atoms with Crippen molar-refractivity contribution in [1.82, 2.24) is 5.16 Å². The van der Waals surface area contributed by atoms with Crippen LogP contribution in [0, 0.1) is 0 Å². The van der Waals surface area contributed by atoms with E-state index in [2.05, 4.69) is 9.88 Å². The summed E-state index contributed by atoms with van der Waals surface area (Å²) in [4.78, 5) is -0.139. The van der Waals surface area contributed by atoms with Crippen molar-refractivity contribution in [1.29, 1.82) is 0 Å². The van der Waals surface area contributed by atoms with Crippen LogP contribution < -0.4 is 18.9 Å². The lowest BCUT2D eigenvalue weighted by molar-refractivity contribution is 0.293. The van der Waals surface area contributed by atoms with E-state index in [0.29, 0.717) is 16.7 Å². The Morgan fingerprint density at radius 3 is 2.29 bits per heavy atom. The van der Waals surface area contributed by atoms with Gasteiger partial charge in [0.2, 0.25) is 0 Å². The standard InChI is InChI=1S/C22H20N2O6S/c1-27-16-10-6-11-17-20(16)22(23-30-17)24-31(25,26)21-18(28-2)12-7-13-19(21)29-14-15-8-4-3-5-9-15/h3-13H,14H2,1-2H3,(H,23,24). The van der Waals surface area contributed by atoms with E-state index >= 15 is 0 Å². The highest BCUT2D eigenvalue weighted by atomic mass is 32.2. The second kappa shape index (κ2) is 8.57. The lowest BCUT2D eigenvalue weighted by atomic mass is 10.2. The first-order valence-corrected chi connectivity index (χ1v) is 10.8. The van der Waals surface area contributed by atoms with Gasteiger partial charge in [0.05, 0.1) is 14.2 Å². The summed E-state index contributed by atoms with van der Waals surface area (Å²) in [6, 6.07) is 19.3. The average molecular weight is 440 g/mol. The highest BCUT2D eigenvalue weighted by Crippen LogP contribution is 2.37. The molecule has 1 heterocycles. The molecule has 0 saturated heterocycles. The van der Waals surface area contributed by atoms with Crippen molar-refractivity contribution < 1.29 is 27.2 Å². The predicted molar refractivity (Wildman–Crippen MR) is 115 cm³/mol. The highest BCUT2D eigenvalue weighted by molar-refractivity contribution is 7.93. The number of nitrogens with zero attached hydrogens (tertiary/aromatic N) is 1. The van der Waals surface area contributed by atoms with Crippen LogP contribution in [0.15, 0.2) is 76.1 Å². The van der Waals surface area contributed by atoms with Gasteiger partial charge < -0.3 is 18.7 Å². The summed E-state index contributed by atoms with van der Waals surface area (Å²) in [5.41, 5.74) is 1.28. The fraction of sp³-hybridized carbons (Fsp3) is 0.136. The summed E-state index contributed by atoms with van der Waals surface area (Å²) in [7, 11) is -1.28. The summed E-state index contributed by atoms with van der Waals surface area (Å²) >= 11 is 0. The summed E-state index contributed by atoms with van der Waals surface area (Å²) < 4.78 is 50.9. The number of methoxy groups -OCH3 is 2. The minimum atomic E-state index is -4.16. The number of rotatable bonds is 8. The third kappa shape index (κ3) is 4.13. The molecule has 0 amide bonds. The number of benzene rings is 3. The van der Waals surface area contributed by atoms with Crippen LogP contribution in [-0.2, 0) is 16.6 Å². The SMILES string of the molecule is COc1cccc(OCc2ccccc2)c1S(=O)(=O)Nc1noc2cccc(OC)c12. The van der Waals surface area contributed by atoms with E-state index in [0.717, 1.165) is 5.56 Å². The van der Waals surface area contributed by atoms with E-state index in [9.17, 15) is 8.42 Å². The third-order valence-electron chi connectivity index (χ3n) is 4.58. The molecule has 0 bridgehead atoms. The molecule has 160 valence electrons. The zero-order valence-corrected chi connectivity index (χ0v) is 17.7. The quantitative estimate of drug-likeness (QED) is 0.438. The summed E-state index contributed by atoms with van der Waals surface area (Å²) in [6.45, 7) is 0.192. The first kappa shape index (κ1) is 20.5. The van der Waals surface area contributed by atoms with Crippen LogP contribution in [0.5, 0.6) is 17.2 Å². The Morgan fingerprint density at radius 1 is 0.871 bits per heavy atom. The van der Waals surface area contributed by atoms with Crippen molar-refractivity contribution >= 4 is 26.8 Å². The molecule has 0 spiro atoms. The van der Waals surface area contributed by atoms with Crippen LogP contribution in [0.25, 0.3) is 11.0 Å². The van der Waals surface area contributed by atoms with Crippen LogP contribution in [0.1, 0.15) is 5.56 Å². The van der Waals surface area contributed by atoms with Crippen LogP contribution in [0.3, 0.4) is 0 Å². The average Bonchev–Trinajstić information content (AvgIpc) is 3.20. The van der Waals surface area contributed by atoms with Gasteiger partial charge in [0.15, 0.2) is 16.3 Å². The Hall–Kier alpha value is -3.72. The number of aromatic nitrogens is 1. The summed E-state index contributed by atoms with van der Waals surface area (Å²) in [6.07, 6.45) is 0. The molecule has 8 nitrogen and oxygen atoms in total. The minimum Gasteiger partial charge on any atom is -0.496 e. The second-order valence-corrected chi connectivity index (χ2v) is 8.15. The van der Waals surface area contributed by atoms with Gasteiger partial charge in [0.25, 0.3) is 10.0 Å². The van der Waals surface area contributed by atoms with Gasteiger partial charge >= 0.3 is 0 Å². The number of nitrogens with one attached hydrogen (secondary N) is 1. The maximum absolute atomic E-state index is 13.4. The van der Waals surface area contributed by atoms with Gasteiger partial charge in [-0.15, -0.1) is 0 Å². The molecule has 0 aliphatic heterocycles. The van der Waals surface area contributed by atoms with Crippen LogP contribution in [0.4, 0.5) is 5.82 Å². The monoisotopic (exact) mass is 440 g/mol. The second-order valence-electron chi connectivity index (χ2n) is 6.53. The van der Waals surface area contributed by atoms with Crippen molar-refractivity contribution in [3.63, 3.8) is 0 Å². The van der Waals surface area contributed by atoms with Gasteiger partial charge in [-0.25, -0.2) is 8.42 Å². The number of sulfonamides is 1. The number of hydrogen-bond acceptors (Lipinski definition) is 7. The van der Waals surface area contributed by atoms with Gasteiger partial charge in [-0.3, -0.25) is 4.72 Å². The summed E-state index contributed by atoms with van der Waals surface area (Å²) in [5.74, 6) is 0.720. The Kier molecular flexibility index (Phi) is 5.68. The van der Waals surface area contributed by atoms with Gasteiger partial charge in [-0.1, -0.05) is 47.6 Å².